The van der Waals surface area contributed by atoms with Crippen LogP contribution >= 0.6 is 0 Å². The summed E-state index contributed by atoms with van der Waals surface area (Å²) in [5.74, 6) is 1.09. The van der Waals surface area contributed by atoms with E-state index in [0.29, 0.717) is 6.54 Å². The summed E-state index contributed by atoms with van der Waals surface area (Å²) < 4.78 is 2.27. The van der Waals surface area contributed by atoms with E-state index >= 15 is 0 Å². The van der Waals surface area contributed by atoms with Gasteiger partial charge >= 0.3 is 0 Å². The van der Waals surface area contributed by atoms with Crippen LogP contribution in [0, 0.1) is 6.92 Å². The van der Waals surface area contributed by atoms with Gasteiger partial charge in [-0.2, -0.15) is 0 Å². The van der Waals surface area contributed by atoms with Gasteiger partial charge in [0.25, 0.3) is 0 Å². The van der Waals surface area contributed by atoms with E-state index < -0.39 is 0 Å². The van der Waals surface area contributed by atoms with Crippen molar-refractivity contribution in [3.8, 4) is 0 Å². The van der Waals surface area contributed by atoms with Crippen LogP contribution < -0.4 is 10.6 Å². The third-order valence-electron chi connectivity index (χ3n) is 3.65. The molecule has 3 heterocycles. The van der Waals surface area contributed by atoms with E-state index in [1.165, 1.54) is 18.5 Å². The van der Waals surface area contributed by atoms with Gasteiger partial charge in [-0.15, -0.1) is 0 Å². The molecule has 5 heteroatoms. The van der Waals surface area contributed by atoms with Gasteiger partial charge in [-0.05, 0) is 26.2 Å². The number of nitrogens with zero attached hydrogens (tertiary/aromatic N) is 2. The average molecular weight is 234 g/mol. The molecule has 1 amide bonds. The van der Waals surface area contributed by atoms with E-state index in [1.54, 1.807) is 0 Å². The van der Waals surface area contributed by atoms with Crippen LogP contribution in [-0.2, 0) is 17.8 Å². The molecule has 17 heavy (non-hydrogen) atoms. The van der Waals surface area contributed by atoms with Gasteiger partial charge in [0.05, 0.1) is 5.69 Å². The number of hydrogen-bond donors (Lipinski definition) is 2. The van der Waals surface area contributed by atoms with Crippen molar-refractivity contribution in [1.82, 2.24) is 20.2 Å². The Morgan fingerprint density at radius 2 is 2.24 bits per heavy atom. The quantitative estimate of drug-likeness (QED) is 0.734. The van der Waals surface area contributed by atoms with Gasteiger partial charge in [0.2, 0.25) is 5.91 Å². The standard InChI is InChI=1S/C12H18N4O/c1-8-15-10(9-4-2-3-7-16(8)9)11-12(17)14-6-5-13-11/h11,13H,2-7H2,1H3,(H,14,17). The zero-order valence-electron chi connectivity index (χ0n) is 10.1. The van der Waals surface area contributed by atoms with Crippen LogP contribution in [0.2, 0.25) is 0 Å². The fourth-order valence-electron chi connectivity index (χ4n) is 2.80. The van der Waals surface area contributed by atoms with E-state index in [9.17, 15) is 4.79 Å². The lowest BCUT2D eigenvalue weighted by atomic mass is 10.0. The van der Waals surface area contributed by atoms with Crippen molar-refractivity contribution in [1.29, 1.82) is 0 Å². The number of carbonyl (C=O) groups is 1. The van der Waals surface area contributed by atoms with E-state index in [2.05, 4.69) is 20.2 Å². The molecule has 0 spiro atoms. The highest BCUT2D eigenvalue weighted by molar-refractivity contribution is 5.83. The summed E-state index contributed by atoms with van der Waals surface area (Å²) in [6.45, 7) is 4.60. The third-order valence-corrected chi connectivity index (χ3v) is 3.65. The van der Waals surface area contributed by atoms with Gasteiger partial charge in [0.1, 0.15) is 11.9 Å². The van der Waals surface area contributed by atoms with Crippen LogP contribution in [0.15, 0.2) is 0 Å². The molecule has 2 aliphatic rings. The van der Waals surface area contributed by atoms with Crippen LogP contribution in [0.1, 0.15) is 36.1 Å². The monoisotopic (exact) mass is 234 g/mol. The fourth-order valence-corrected chi connectivity index (χ4v) is 2.80. The minimum absolute atomic E-state index is 0.0581. The SMILES string of the molecule is Cc1nc(C2NCCNC2=O)c2n1CCCC2. The molecule has 5 nitrogen and oxygen atoms in total. The molecule has 0 saturated carbocycles. The summed E-state index contributed by atoms with van der Waals surface area (Å²) in [7, 11) is 0. The fraction of sp³-hybridized carbons (Fsp3) is 0.667. The van der Waals surface area contributed by atoms with E-state index in [1.807, 2.05) is 6.92 Å². The highest BCUT2D eigenvalue weighted by Gasteiger charge is 2.30. The molecule has 2 aliphatic heterocycles. The van der Waals surface area contributed by atoms with E-state index in [4.69, 9.17) is 0 Å². The molecule has 92 valence electrons. The zero-order chi connectivity index (χ0) is 11.8. The van der Waals surface area contributed by atoms with Crippen molar-refractivity contribution in [3.05, 3.63) is 17.2 Å². The lowest BCUT2D eigenvalue weighted by molar-refractivity contribution is -0.124. The van der Waals surface area contributed by atoms with Gasteiger partial charge in [-0.1, -0.05) is 0 Å². The van der Waals surface area contributed by atoms with Crippen LogP contribution in [0.4, 0.5) is 0 Å². The van der Waals surface area contributed by atoms with Gasteiger partial charge in [-0.3, -0.25) is 10.1 Å². The average Bonchev–Trinajstić information content (AvgIpc) is 2.68. The first-order valence-corrected chi connectivity index (χ1v) is 6.34. The molecule has 1 atom stereocenters. The highest BCUT2D eigenvalue weighted by Crippen LogP contribution is 2.25. The number of hydrogen-bond acceptors (Lipinski definition) is 3. The molecule has 2 N–H and O–H groups in total. The Morgan fingerprint density at radius 3 is 3.06 bits per heavy atom. The van der Waals surface area contributed by atoms with Crippen molar-refractivity contribution < 1.29 is 4.79 Å². The van der Waals surface area contributed by atoms with Gasteiger partial charge in [0.15, 0.2) is 0 Å². The molecular formula is C12H18N4O. The van der Waals surface area contributed by atoms with E-state index in [-0.39, 0.29) is 11.9 Å². The summed E-state index contributed by atoms with van der Waals surface area (Å²) in [5.41, 5.74) is 2.20. The molecule has 0 aliphatic carbocycles. The number of rotatable bonds is 1. The lowest BCUT2D eigenvalue weighted by Crippen LogP contribution is -2.47. The van der Waals surface area contributed by atoms with Crippen molar-refractivity contribution in [2.24, 2.45) is 0 Å². The second-order valence-corrected chi connectivity index (χ2v) is 4.78. The number of amides is 1. The number of imidazole rings is 1. The zero-order valence-corrected chi connectivity index (χ0v) is 10.1. The molecule has 1 aromatic heterocycles. The number of aryl methyl sites for hydroxylation is 1. The summed E-state index contributed by atoms with van der Waals surface area (Å²) in [5, 5.41) is 6.16. The maximum Gasteiger partial charge on any atom is 0.243 e. The van der Waals surface area contributed by atoms with Crippen LogP contribution in [-0.4, -0.2) is 28.5 Å². The van der Waals surface area contributed by atoms with Gasteiger partial charge in [0, 0.05) is 25.3 Å². The van der Waals surface area contributed by atoms with Crippen molar-refractivity contribution in [3.63, 3.8) is 0 Å². The predicted octanol–water partition coefficient (Wildman–Crippen LogP) is 0.288. The number of aromatic nitrogens is 2. The molecule has 1 saturated heterocycles. The first-order valence-electron chi connectivity index (χ1n) is 6.34. The number of carbonyl (C=O) groups excluding carboxylic acids is 1. The first kappa shape index (κ1) is 10.8. The normalized spacial score (nSPS) is 24.3. The lowest BCUT2D eigenvalue weighted by Gasteiger charge is -2.24. The summed E-state index contributed by atoms with van der Waals surface area (Å²) in [6.07, 6.45) is 3.46. The van der Waals surface area contributed by atoms with Gasteiger partial charge < -0.3 is 9.88 Å². The van der Waals surface area contributed by atoms with Crippen LogP contribution in [0.5, 0.6) is 0 Å². The molecule has 0 aromatic carbocycles. The second kappa shape index (κ2) is 4.14. The number of nitrogens with one attached hydrogen (secondary N) is 2. The summed E-state index contributed by atoms with van der Waals surface area (Å²) in [6, 6.07) is -0.253. The third kappa shape index (κ3) is 1.74. The highest BCUT2D eigenvalue weighted by atomic mass is 16.2. The van der Waals surface area contributed by atoms with Gasteiger partial charge in [-0.25, -0.2) is 4.98 Å². The number of fused-ring (bicyclic) bond motifs is 1. The van der Waals surface area contributed by atoms with Crippen molar-refractivity contribution in [2.75, 3.05) is 13.1 Å². The Hall–Kier alpha value is -1.36. The Kier molecular flexibility index (Phi) is 2.63. The first-order chi connectivity index (χ1) is 8.27. The number of piperazine rings is 1. The molecule has 1 unspecified atom stereocenters. The van der Waals surface area contributed by atoms with Crippen LogP contribution in [0.25, 0.3) is 0 Å². The Balaban J connectivity index is 1.99. The van der Waals surface area contributed by atoms with Crippen molar-refractivity contribution >= 4 is 5.91 Å². The smallest absolute Gasteiger partial charge is 0.243 e. The minimum atomic E-state index is -0.253. The van der Waals surface area contributed by atoms with Crippen molar-refractivity contribution in [2.45, 2.75) is 38.8 Å². The Bertz CT molecular complexity index is 452. The Morgan fingerprint density at radius 1 is 1.35 bits per heavy atom. The molecule has 3 rings (SSSR count). The molecule has 1 fully saturated rings. The Labute approximate surface area is 101 Å². The maximum absolute atomic E-state index is 11.9. The predicted molar refractivity (Wildman–Crippen MR) is 63.7 cm³/mol. The minimum Gasteiger partial charge on any atom is -0.353 e. The molecule has 0 bridgehead atoms. The molecular weight excluding hydrogens is 216 g/mol. The molecule has 1 aromatic rings. The summed E-state index contributed by atoms with van der Waals surface area (Å²) in [4.78, 5) is 16.5. The van der Waals surface area contributed by atoms with E-state index in [0.717, 1.165) is 31.0 Å². The largest absolute Gasteiger partial charge is 0.353 e. The molecule has 0 radical (unpaired) electrons. The second-order valence-electron chi connectivity index (χ2n) is 4.78. The summed E-state index contributed by atoms with van der Waals surface area (Å²) >= 11 is 0. The maximum atomic E-state index is 11.9. The topological polar surface area (TPSA) is 59.0 Å². The van der Waals surface area contributed by atoms with Crippen LogP contribution in [0.3, 0.4) is 0 Å².